The summed E-state index contributed by atoms with van der Waals surface area (Å²) in [4.78, 5) is 27.2. The van der Waals surface area contributed by atoms with Crippen LogP contribution in [0.4, 0.5) is 5.88 Å². The van der Waals surface area contributed by atoms with Gasteiger partial charge in [-0.25, -0.2) is 0 Å². The fraction of sp³-hybridized carbons (Fsp3) is 0.194. The molecule has 0 bridgehead atoms. The number of hydrogen-bond acceptors (Lipinski definition) is 5. The number of anilines is 1. The molecule has 2 heterocycles. The van der Waals surface area contributed by atoms with Gasteiger partial charge in [0, 0.05) is 24.2 Å². The highest BCUT2D eigenvalue weighted by Crippen LogP contribution is 2.41. The number of nitrogens with zero attached hydrogens (tertiary/aromatic N) is 2. The lowest BCUT2D eigenvalue weighted by Crippen LogP contribution is -2.49. The molecule has 3 aromatic carbocycles. The summed E-state index contributed by atoms with van der Waals surface area (Å²) in [6, 6.07) is 30.4. The van der Waals surface area contributed by atoms with Crippen molar-refractivity contribution in [1.82, 2.24) is 4.90 Å². The van der Waals surface area contributed by atoms with E-state index < -0.39 is 11.4 Å². The first-order valence-electron chi connectivity index (χ1n) is 12.5. The number of carboxylic acid groups (broad SMARTS) is 1. The molecule has 5 rings (SSSR count). The Hall–Kier alpha value is -4.67. The van der Waals surface area contributed by atoms with Crippen LogP contribution in [0.25, 0.3) is 22.5 Å². The van der Waals surface area contributed by atoms with E-state index >= 15 is 0 Å². The minimum atomic E-state index is -0.960. The molecule has 2 N–H and O–H groups in total. The molecule has 0 aliphatic carbocycles. The zero-order valence-corrected chi connectivity index (χ0v) is 20.8. The van der Waals surface area contributed by atoms with E-state index in [-0.39, 0.29) is 23.9 Å². The fourth-order valence-electron chi connectivity index (χ4n) is 5.14. The van der Waals surface area contributed by atoms with Crippen LogP contribution in [0.15, 0.2) is 95.4 Å². The van der Waals surface area contributed by atoms with Crippen molar-refractivity contribution < 1.29 is 19.1 Å². The lowest BCUT2D eigenvalue weighted by atomic mass is 9.73. The van der Waals surface area contributed by atoms with Gasteiger partial charge < -0.3 is 9.52 Å². The molecule has 1 amide bonds. The molecule has 190 valence electrons. The number of nitrogens with one attached hydrogen (secondary N) is 1. The molecular weight excluding hydrogens is 478 g/mol. The summed E-state index contributed by atoms with van der Waals surface area (Å²) in [5.74, 6) is -0.548. The maximum absolute atomic E-state index is 13.1. The van der Waals surface area contributed by atoms with Crippen LogP contribution in [0.1, 0.15) is 24.0 Å². The van der Waals surface area contributed by atoms with Crippen molar-refractivity contribution in [3.63, 3.8) is 0 Å². The van der Waals surface area contributed by atoms with Crippen LogP contribution >= 0.6 is 0 Å². The van der Waals surface area contributed by atoms with E-state index in [1.54, 1.807) is 0 Å². The highest BCUT2D eigenvalue weighted by Gasteiger charge is 2.43. The van der Waals surface area contributed by atoms with Gasteiger partial charge in [0.2, 0.25) is 11.8 Å². The predicted octanol–water partition coefficient (Wildman–Crippen LogP) is 5.54. The van der Waals surface area contributed by atoms with Gasteiger partial charge >= 0.3 is 5.97 Å². The van der Waals surface area contributed by atoms with E-state index in [0.29, 0.717) is 37.3 Å². The second-order valence-corrected chi connectivity index (χ2v) is 9.43. The van der Waals surface area contributed by atoms with E-state index in [9.17, 15) is 20.0 Å². The third-order valence-corrected chi connectivity index (χ3v) is 7.18. The van der Waals surface area contributed by atoms with Gasteiger partial charge in [0.15, 0.2) is 0 Å². The predicted molar refractivity (Wildman–Crippen MR) is 144 cm³/mol. The van der Waals surface area contributed by atoms with Crippen molar-refractivity contribution >= 4 is 17.8 Å². The number of amides is 1. The van der Waals surface area contributed by atoms with Crippen LogP contribution in [0, 0.1) is 11.3 Å². The Morgan fingerprint density at radius 1 is 0.895 bits per heavy atom. The highest BCUT2D eigenvalue weighted by atomic mass is 16.4. The van der Waals surface area contributed by atoms with Crippen LogP contribution in [0.2, 0.25) is 0 Å². The molecule has 7 heteroatoms. The number of hydrogen-bond donors (Lipinski definition) is 2. The van der Waals surface area contributed by atoms with E-state index in [4.69, 9.17) is 4.42 Å². The zero-order valence-electron chi connectivity index (χ0n) is 20.8. The molecule has 1 aliphatic heterocycles. The van der Waals surface area contributed by atoms with Crippen molar-refractivity contribution in [3.05, 3.63) is 102 Å². The third kappa shape index (κ3) is 4.82. The Bertz CT molecular complexity index is 1470. The van der Waals surface area contributed by atoms with Crippen molar-refractivity contribution in [1.29, 1.82) is 5.26 Å². The Morgan fingerprint density at radius 2 is 1.45 bits per heavy atom. The number of carbonyl (C=O) groups is 2. The van der Waals surface area contributed by atoms with Gasteiger partial charge in [0.25, 0.3) is 0 Å². The summed E-state index contributed by atoms with van der Waals surface area (Å²) < 4.78 is 6.11. The topological polar surface area (TPSA) is 107 Å². The first-order valence-corrected chi connectivity index (χ1v) is 12.5. The molecule has 1 fully saturated rings. The molecule has 0 spiro atoms. The summed E-state index contributed by atoms with van der Waals surface area (Å²) >= 11 is 0. The number of aliphatic carboxylic acids is 1. The SMILES string of the molecule is N#Cc1c(NC(=O)CN2CCC(C(=O)O)(c3ccccc3)CC2)oc(-c2ccccc2)c1-c1ccccc1. The fourth-order valence-corrected chi connectivity index (χ4v) is 5.14. The van der Waals surface area contributed by atoms with Gasteiger partial charge in [-0.2, -0.15) is 5.26 Å². The second-order valence-electron chi connectivity index (χ2n) is 9.43. The summed E-state index contributed by atoms with van der Waals surface area (Å²) in [6.07, 6.45) is 0.806. The maximum Gasteiger partial charge on any atom is 0.314 e. The zero-order chi connectivity index (χ0) is 26.5. The molecule has 1 aromatic heterocycles. The van der Waals surface area contributed by atoms with Gasteiger partial charge in [0.1, 0.15) is 17.4 Å². The van der Waals surface area contributed by atoms with E-state index in [2.05, 4.69) is 11.4 Å². The number of rotatable bonds is 7. The molecule has 0 atom stereocenters. The third-order valence-electron chi connectivity index (χ3n) is 7.18. The van der Waals surface area contributed by atoms with Crippen LogP contribution < -0.4 is 5.32 Å². The van der Waals surface area contributed by atoms with Crippen LogP contribution in [0.5, 0.6) is 0 Å². The molecule has 1 saturated heterocycles. The highest BCUT2D eigenvalue weighted by molar-refractivity contribution is 5.96. The number of furan rings is 1. The summed E-state index contributed by atoms with van der Waals surface area (Å²) in [6.45, 7) is 0.988. The van der Waals surface area contributed by atoms with E-state index in [1.807, 2.05) is 95.9 Å². The van der Waals surface area contributed by atoms with E-state index in [1.165, 1.54) is 0 Å². The number of likely N-dealkylation sites (tertiary alicyclic amines) is 1. The normalized spacial score (nSPS) is 14.9. The van der Waals surface area contributed by atoms with Gasteiger partial charge in [-0.05, 0) is 24.0 Å². The Balaban J connectivity index is 1.35. The number of nitriles is 1. The molecular formula is C31H27N3O4. The quantitative estimate of drug-likeness (QED) is 0.341. The minimum Gasteiger partial charge on any atom is -0.481 e. The smallest absolute Gasteiger partial charge is 0.314 e. The summed E-state index contributed by atoms with van der Waals surface area (Å²) in [5.41, 5.74) is 2.32. The Kier molecular flexibility index (Phi) is 7.07. The maximum atomic E-state index is 13.1. The van der Waals surface area contributed by atoms with Gasteiger partial charge in [0.05, 0.1) is 12.0 Å². The largest absolute Gasteiger partial charge is 0.481 e. The standard InChI is InChI=1S/C31H27N3O4/c32-20-25-27(22-10-4-1-5-11-22)28(23-12-6-2-7-13-23)38-29(25)33-26(35)21-34-18-16-31(17-19-34,30(36)37)24-14-8-3-9-15-24/h1-15H,16-19,21H2,(H,33,35)(H,36,37). The molecule has 7 nitrogen and oxygen atoms in total. The molecule has 0 unspecified atom stereocenters. The van der Waals surface area contributed by atoms with Crippen molar-refractivity contribution in [2.75, 3.05) is 25.0 Å². The molecule has 0 saturated carbocycles. The lowest BCUT2D eigenvalue weighted by Gasteiger charge is -2.38. The second kappa shape index (κ2) is 10.8. The van der Waals surface area contributed by atoms with Crippen molar-refractivity contribution in [2.45, 2.75) is 18.3 Å². The number of carbonyl (C=O) groups excluding carboxylic acids is 1. The average molecular weight is 506 g/mol. The molecule has 1 aliphatic rings. The molecule has 38 heavy (non-hydrogen) atoms. The Labute approximate surface area is 220 Å². The lowest BCUT2D eigenvalue weighted by molar-refractivity contribution is -0.146. The molecule has 4 aromatic rings. The van der Waals surface area contributed by atoms with Crippen LogP contribution in [-0.4, -0.2) is 41.5 Å². The number of piperidine rings is 1. The Morgan fingerprint density at radius 3 is 2.00 bits per heavy atom. The van der Waals surface area contributed by atoms with Gasteiger partial charge in [-0.3, -0.25) is 19.8 Å². The molecule has 0 radical (unpaired) electrons. The summed E-state index contributed by atoms with van der Waals surface area (Å²) in [5, 5.41) is 22.9. The minimum absolute atomic E-state index is 0.0669. The van der Waals surface area contributed by atoms with Gasteiger partial charge in [-0.1, -0.05) is 91.0 Å². The first kappa shape index (κ1) is 25.0. The van der Waals surface area contributed by atoms with Crippen LogP contribution in [-0.2, 0) is 15.0 Å². The van der Waals surface area contributed by atoms with E-state index in [0.717, 1.165) is 16.7 Å². The summed E-state index contributed by atoms with van der Waals surface area (Å²) in [7, 11) is 0. The van der Waals surface area contributed by atoms with Crippen molar-refractivity contribution in [2.24, 2.45) is 0 Å². The first-order chi connectivity index (χ1) is 18.5. The van der Waals surface area contributed by atoms with Crippen LogP contribution in [0.3, 0.4) is 0 Å². The number of benzene rings is 3. The monoisotopic (exact) mass is 505 g/mol. The average Bonchev–Trinajstić information content (AvgIpc) is 3.32. The number of carboxylic acids is 1. The van der Waals surface area contributed by atoms with Crippen molar-refractivity contribution in [3.8, 4) is 28.5 Å². The van der Waals surface area contributed by atoms with Gasteiger partial charge in [-0.15, -0.1) is 0 Å².